The van der Waals surface area contributed by atoms with Crippen molar-refractivity contribution < 1.29 is 4.74 Å². The normalized spacial score (nSPS) is 14.1. The first-order valence-electron chi connectivity index (χ1n) is 10.3. The molecule has 1 aliphatic heterocycles. The Morgan fingerprint density at radius 3 is 2.71 bits per heavy atom. The molecule has 3 nitrogen and oxygen atoms in total. The summed E-state index contributed by atoms with van der Waals surface area (Å²) in [5.74, 6) is 0.957. The lowest BCUT2D eigenvalue weighted by molar-refractivity contribution is 0.311. The van der Waals surface area contributed by atoms with Gasteiger partial charge in [-0.25, -0.2) is 0 Å². The molecule has 0 bridgehead atoms. The van der Waals surface area contributed by atoms with Gasteiger partial charge in [-0.3, -0.25) is 0 Å². The molecule has 0 saturated heterocycles. The number of fused-ring (bicyclic) bond motifs is 4. The van der Waals surface area contributed by atoms with Crippen LogP contribution in [0.1, 0.15) is 23.2 Å². The number of ether oxygens (including phenoxy) is 1. The Balaban J connectivity index is 1.28. The molecule has 0 aliphatic carbocycles. The highest BCUT2D eigenvalue weighted by Gasteiger charge is 2.16. The van der Waals surface area contributed by atoms with Crippen molar-refractivity contribution in [2.75, 3.05) is 19.7 Å². The lowest BCUT2D eigenvalue weighted by Crippen LogP contribution is -2.16. The number of hydrogen-bond acceptors (Lipinski definition) is 2. The second-order valence-corrected chi connectivity index (χ2v) is 7.63. The quantitative estimate of drug-likeness (QED) is 0.484. The second kappa shape index (κ2) is 7.69. The molecule has 1 aromatic heterocycles. The smallest absolute Gasteiger partial charge is 0.119 e. The van der Waals surface area contributed by atoms with E-state index >= 15 is 0 Å². The van der Waals surface area contributed by atoms with Gasteiger partial charge < -0.3 is 15.0 Å². The molecule has 0 atom stereocenters. The molecular formula is C25H26N2O. The maximum Gasteiger partial charge on any atom is 0.119 e. The van der Waals surface area contributed by atoms with Crippen molar-refractivity contribution in [3.05, 3.63) is 77.5 Å². The molecule has 2 N–H and O–H groups in total. The van der Waals surface area contributed by atoms with Gasteiger partial charge in [-0.1, -0.05) is 42.5 Å². The number of aromatic nitrogens is 1. The summed E-state index contributed by atoms with van der Waals surface area (Å²) in [5, 5.41) is 7.44. The Morgan fingerprint density at radius 1 is 0.857 bits per heavy atom. The molecule has 0 radical (unpaired) electrons. The molecular weight excluding hydrogens is 344 g/mol. The Kier molecular flexibility index (Phi) is 4.76. The van der Waals surface area contributed by atoms with E-state index in [2.05, 4.69) is 71.0 Å². The highest BCUT2D eigenvalue weighted by Crippen LogP contribution is 2.29. The van der Waals surface area contributed by atoms with Crippen LogP contribution in [0, 0.1) is 0 Å². The number of hydrogen-bond donors (Lipinski definition) is 2. The number of H-pyrrole nitrogens is 1. The molecule has 3 aromatic carbocycles. The molecule has 142 valence electrons. The average molecular weight is 370 g/mol. The van der Waals surface area contributed by atoms with E-state index in [0.717, 1.165) is 51.1 Å². The number of aryl methyl sites for hydroxylation is 1. The van der Waals surface area contributed by atoms with E-state index in [1.807, 2.05) is 0 Å². The minimum atomic E-state index is 0.739. The Labute approximate surface area is 165 Å². The second-order valence-electron chi connectivity index (χ2n) is 7.63. The largest absolute Gasteiger partial charge is 0.494 e. The molecule has 0 saturated carbocycles. The topological polar surface area (TPSA) is 37.0 Å². The van der Waals surface area contributed by atoms with Crippen molar-refractivity contribution in [3.8, 4) is 5.75 Å². The first kappa shape index (κ1) is 17.3. The van der Waals surface area contributed by atoms with Gasteiger partial charge in [0.2, 0.25) is 0 Å². The van der Waals surface area contributed by atoms with Gasteiger partial charge in [0, 0.05) is 29.6 Å². The molecule has 0 amide bonds. The zero-order chi connectivity index (χ0) is 18.8. The summed E-state index contributed by atoms with van der Waals surface area (Å²) in [7, 11) is 0. The number of nitrogens with one attached hydrogen (secondary N) is 2. The maximum absolute atomic E-state index is 6.04. The molecule has 2 heterocycles. The van der Waals surface area contributed by atoms with Crippen molar-refractivity contribution in [2.45, 2.75) is 25.7 Å². The molecule has 0 fully saturated rings. The van der Waals surface area contributed by atoms with E-state index in [1.165, 1.54) is 38.5 Å². The lowest BCUT2D eigenvalue weighted by Gasteiger charge is -2.09. The van der Waals surface area contributed by atoms with Gasteiger partial charge in [-0.15, -0.1) is 0 Å². The van der Waals surface area contributed by atoms with Crippen LogP contribution in [0.3, 0.4) is 0 Å². The number of rotatable bonds is 5. The zero-order valence-corrected chi connectivity index (χ0v) is 16.1. The number of aromatic amines is 1. The van der Waals surface area contributed by atoms with Crippen LogP contribution >= 0.6 is 0 Å². The summed E-state index contributed by atoms with van der Waals surface area (Å²) in [5.41, 5.74) is 5.67. The maximum atomic E-state index is 6.04. The van der Waals surface area contributed by atoms with Crippen molar-refractivity contribution in [2.24, 2.45) is 0 Å². The minimum Gasteiger partial charge on any atom is -0.494 e. The fourth-order valence-corrected chi connectivity index (χ4v) is 4.41. The summed E-state index contributed by atoms with van der Waals surface area (Å²) in [6, 6.07) is 21.4. The number of benzene rings is 3. The van der Waals surface area contributed by atoms with Crippen LogP contribution in [0.5, 0.6) is 5.75 Å². The molecule has 28 heavy (non-hydrogen) atoms. The van der Waals surface area contributed by atoms with Crippen LogP contribution in [0.15, 0.2) is 60.7 Å². The van der Waals surface area contributed by atoms with E-state index in [0.29, 0.717) is 0 Å². The van der Waals surface area contributed by atoms with Crippen LogP contribution in [0.4, 0.5) is 0 Å². The summed E-state index contributed by atoms with van der Waals surface area (Å²) in [6.45, 7) is 2.87. The Morgan fingerprint density at radius 2 is 1.75 bits per heavy atom. The summed E-state index contributed by atoms with van der Waals surface area (Å²) in [6.07, 6.45) is 4.27. The fourth-order valence-electron chi connectivity index (χ4n) is 4.41. The molecule has 0 spiro atoms. The first-order valence-corrected chi connectivity index (χ1v) is 10.3. The van der Waals surface area contributed by atoms with Gasteiger partial charge in [0.25, 0.3) is 0 Å². The predicted octanol–water partition coefficient (Wildman–Crippen LogP) is 5.02. The van der Waals surface area contributed by atoms with Crippen molar-refractivity contribution in [1.82, 2.24) is 10.3 Å². The molecule has 1 aliphatic rings. The van der Waals surface area contributed by atoms with E-state index in [4.69, 9.17) is 4.74 Å². The van der Waals surface area contributed by atoms with Crippen LogP contribution < -0.4 is 10.1 Å². The third kappa shape index (κ3) is 3.38. The monoisotopic (exact) mass is 370 g/mol. The van der Waals surface area contributed by atoms with Crippen molar-refractivity contribution in [3.63, 3.8) is 0 Å². The van der Waals surface area contributed by atoms with Gasteiger partial charge in [0.15, 0.2) is 0 Å². The Bertz CT molecular complexity index is 1110. The molecule has 4 aromatic rings. The summed E-state index contributed by atoms with van der Waals surface area (Å²) in [4.78, 5) is 3.66. The summed E-state index contributed by atoms with van der Waals surface area (Å²) >= 11 is 0. The third-order valence-electron chi connectivity index (χ3n) is 5.79. The van der Waals surface area contributed by atoms with E-state index in [9.17, 15) is 0 Å². The van der Waals surface area contributed by atoms with Gasteiger partial charge in [-0.2, -0.15) is 0 Å². The molecule has 0 unspecified atom stereocenters. The third-order valence-corrected chi connectivity index (χ3v) is 5.79. The Hall–Kier alpha value is -2.78. The van der Waals surface area contributed by atoms with Crippen molar-refractivity contribution in [1.29, 1.82) is 0 Å². The van der Waals surface area contributed by atoms with Gasteiger partial charge in [0.05, 0.1) is 6.61 Å². The highest BCUT2D eigenvalue weighted by molar-refractivity contribution is 5.88. The van der Waals surface area contributed by atoms with Crippen LogP contribution in [0.2, 0.25) is 0 Å². The SMILES string of the molecule is c1ccc2cc(OCCCc3cccc4[nH]c5c(c34)CCNCC5)ccc2c1. The van der Waals surface area contributed by atoms with Gasteiger partial charge in [-0.05, 0) is 65.9 Å². The molecule has 3 heteroatoms. The molecule has 5 rings (SSSR count). The highest BCUT2D eigenvalue weighted by atomic mass is 16.5. The van der Waals surface area contributed by atoms with E-state index in [1.54, 1.807) is 0 Å². The first-order chi connectivity index (χ1) is 13.9. The minimum absolute atomic E-state index is 0.739. The van der Waals surface area contributed by atoms with E-state index in [-0.39, 0.29) is 0 Å². The standard InChI is InChI=1S/C25H26N2O/c1-2-6-20-17-21(11-10-18(20)5-1)28-16-4-8-19-7-3-9-24-25(19)22-12-14-26-15-13-23(22)27-24/h1-3,5-7,9-11,17,26-27H,4,8,12-16H2. The average Bonchev–Trinajstić information content (AvgIpc) is 2.93. The lowest BCUT2D eigenvalue weighted by atomic mass is 9.99. The fraction of sp³-hybridized carbons (Fsp3) is 0.280. The van der Waals surface area contributed by atoms with Crippen molar-refractivity contribution >= 4 is 21.7 Å². The van der Waals surface area contributed by atoms with Gasteiger partial charge in [0.1, 0.15) is 5.75 Å². The summed E-state index contributed by atoms with van der Waals surface area (Å²) < 4.78 is 6.04. The zero-order valence-electron chi connectivity index (χ0n) is 16.1. The van der Waals surface area contributed by atoms with Crippen LogP contribution in [0.25, 0.3) is 21.7 Å². The van der Waals surface area contributed by atoms with Crippen LogP contribution in [-0.4, -0.2) is 24.7 Å². The van der Waals surface area contributed by atoms with Crippen LogP contribution in [-0.2, 0) is 19.3 Å². The van der Waals surface area contributed by atoms with Gasteiger partial charge >= 0.3 is 0 Å². The predicted molar refractivity (Wildman–Crippen MR) is 116 cm³/mol. The van der Waals surface area contributed by atoms with E-state index < -0.39 is 0 Å².